The minimum absolute atomic E-state index is 0.0152. The van der Waals surface area contributed by atoms with Crippen LogP contribution in [0.1, 0.15) is 0 Å². The normalized spacial score (nSPS) is 23.5. The number of thioether (sulfide) groups is 2. The molecule has 12 heavy (non-hydrogen) atoms. The highest BCUT2D eigenvalue weighted by Crippen LogP contribution is 2.46. The van der Waals surface area contributed by atoms with Crippen LogP contribution in [-0.4, -0.2) is 31.2 Å². The molecule has 0 spiro atoms. The predicted molar refractivity (Wildman–Crippen MR) is 76.0 cm³/mol. The molecular weight excluding hydrogens is 264 g/mol. The molecule has 0 atom stereocenters. The van der Waals surface area contributed by atoms with Crippen LogP contribution in [0, 0.1) is 0 Å². The molecule has 0 aliphatic carbocycles. The largest absolute Gasteiger partial charge is 0.164 e. The molecule has 1 aliphatic rings. The monoisotopic (exact) mass is 276 g/mol. The molecule has 0 bridgehead atoms. The highest BCUT2D eigenvalue weighted by Gasteiger charge is 2.41. The summed E-state index contributed by atoms with van der Waals surface area (Å²) in [6.07, 6.45) is 0. The standard InChI is InChI=1S/C6H12S6/c7-4(8)6(5(9)10)3-11-1-2-12-6/h4-5,7-10H,1-3H2. The Bertz CT molecular complexity index is 129. The van der Waals surface area contributed by atoms with Gasteiger partial charge in [-0.1, -0.05) is 0 Å². The molecule has 0 radical (unpaired) electrons. The van der Waals surface area contributed by atoms with Crippen LogP contribution in [0.3, 0.4) is 0 Å². The summed E-state index contributed by atoms with van der Waals surface area (Å²) in [5.74, 6) is 3.42. The van der Waals surface area contributed by atoms with Crippen molar-refractivity contribution in [3.05, 3.63) is 0 Å². The third-order valence-electron chi connectivity index (χ3n) is 1.80. The highest BCUT2D eigenvalue weighted by atomic mass is 32.2. The van der Waals surface area contributed by atoms with Crippen molar-refractivity contribution in [3.8, 4) is 0 Å². The van der Waals surface area contributed by atoms with Crippen LogP contribution >= 0.6 is 74.0 Å². The molecule has 72 valence electrons. The summed E-state index contributed by atoms with van der Waals surface area (Å²) in [7, 11) is 0. The Morgan fingerprint density at radius 1 is 1.00 bits per heavy atom. The number of hydrogen-bond donors (Lipinski definition) is 4. The van der Waals surface area contributed by atoms with Crippen LogP contribution in [0.15, 0.2) is 0 Å². The summed E-state index contributed by atoms with van der Waals surface area (Å²) in [6.45, 7) is 0. The lowest BCUT2D eigenvalue weighted by Gasteiger charge is -2.40. The van der Waals surface area contributed by atoms with Crippen molar-refractivity contribution in [2.45, 2.75) is 13.9 Å². The van der Waals surface area contributed by atoms with Gasteiger partial charge in [-0.25, -0.2) is 0 Å². The van der Waals surface area contributed by atoms with Gasteiger partial charge in [0.05, 0.1) is 13.9 Å². The van der Waals surface area contributed by atoms with E-state index in [2.05, 4.69) is 50.5 Å². The Hall–Kier alpha value is 2.10. The number of hydrogen-bond acceptors (Lipinski definition) is 6. The van der Waals surface area contributed by atoms with Crippen molar-refractivity contribution in [1.82, 2.24) is 0 Å². The van der Waals surface area contributed by atoms with E-state index >= 15 is 0 Å². The smallest absolute Gasteiger partial charge is 0.0659 e. The highest BCUT2D eigenvalue weighted by molar-refractivity contribution is 8.11. The Balaban J connectivity index is 2.70. The van der Waals surface area contributed by atoms with Gasteiger partial charge in [0.15, 0.2) is 0 Å². The topological polar surface area (TPSA) is 0 Å². The van der Waals surface area contributed by atoms with Crippen LogP contribution < -0.4 is 0 Å². The third-order valence-corrected chi connectivity index (χ3v) is 7.52. The zero-order valence-electron chi connectivity index (χ0n) is 6.38. The van der Waals surface area contributed by atoms with E-state index < -0.39 is 0 Å². The molecule has 1 fully saturated rings. The van der Waals surface area contributed by atoms with E-state index in [1.54, 1.807) is 0 Å². The maximum absolute atomic E-state index is 4.40. The molecule has 6 heteroatoms. The molecule has 0 aromatic heterocycles. The van der Waals surface area contributed by atoms with Crippen molar-refractivity contribution < 1.29 is 0 Å². The first-order chi connectivity index (χ1) is 5.59. The van der Waals surface area contributed by atoms with Gasteiger partial charge in [-0.05, 0) is 0 Å². The van der Waals surface area contributed by atoms with Gasteiger partial charge in [0.1, 0.15) is 0 Å². The molecule has 0 N–H and O–H groups in total. The second-order valence-corrected chi connectivity index (χ2v) is 8.05. The van der Waals surface area contributed by atoms with Gasteiger partial charge in [0.25, 0.3) is 0 Å². The summed E-state index contributed by atoms with van der Waals surface area (Å²) >= 11 is 21.4. The van der Waals surface area contributed by atoms with E-state index in [-0.39, 0.29) is 13.9 Å². The lowest BCUT2D eigenvalue weighted by Crippen LogP contribution is -2.44. The first-order valence-electron chi connectivity index (χ1n) is 3.53. The Morgan fingerprint density at radius 2 is 1.58 bits per heavy atom. The molecule has 1 aliphatic heterocycles. The Morgan fingerprint density at radius 3 is 1.83 bits per heavy atom. The fraction of sp³-hybridized carbons (Fsp3) is 1.00. The van der Waals surface area contributed by atoms with E-state index in [1.165, 1.54) is 5.75 Å². The number of thiol groups is 4. The molecule has 1 saturated heterocycles. The molecule has 1 heterocycles. The zero-order chi connectivity index (χ0) is 9.19. The summed E-state index contributed by atoms with van der Waals surface area (Å²) in [5.41, 5.74) is 0. The molecule has 0 amide bonds. The lowest BCUT2D eigenvalue weighted by atomic mass is 10.2. The van der Waals surface area contributed by atoms with Gasteiger partial charge >= 0.3 is 0 Å². The zero-order valence-corrected chi connectivity index (χ0v) is 11.6. The average molecular weight is 277 g/mol. The van der Waals surface area contributed by atoms with Crippen LogP contribution in [0.4, 0.5) is 0 Å². The predicted octanol–water partition coefficient (Wildman–Crippen LogP) is 2.58. The summed E-state index contributed by atoms with van der Waals surface area (Å²) in [5, 5.41) is 0. The van der Waals surface area contributed by atoms with Crippen LogP contribution in [0.5, 0.6) is 0 Å². The molecule has 0 aromatic carbocycles. The van der Waals surface area contributed by atoms with E-state index in [0.717, 1.165) is 11.5 Å². The Labute approximate surface area is 104 Å². The fourth-order valence-corrected chi connectivity index (χ4v) is 6.68. The minimum atomic E-state index is 0.0152. The molecular formula is C6H12S6. The second kappa shape index (κ2) is 5.26. The van der Waals surface area contributed by atoms with Crippen molar-refractivity contribution in [1.29, 1.82) is 0 Å². The first kappa shape index (κ1) is 12.2. The maximum Gasteiger partial charge on any atom is 0.0659 e. The average Bonchev–Trinajstić information content (AvgIpc) is 2.05. The van der Waals surface area contributed by atoms with Crippen molar-refractivity contribution in [2.75, 3.05) is 17.3 Å². The van der Waals surface area contributed by atoms with Gasteiger partial charge in [0, 0.05) is 17.3 Å². The van der Waals surface area contributed by atoms with Crippen LogP contribution in [0.25, 0.3) is 0 Å². The number of rotatable bonds is 2. The van der Waals surface area contributed by atoms with Crippen molar-refractivity contribution >= 4 is 74.0 Å². The molecule has 0 nitrogen and oxygen atoms in total. The second-order valence-electron chi connectivity index (χ2n) is 2.60. The van der Waals surface area contributed by atoms with Gasteiger partial charge in [-0.3, -0.25) is 0 Å². The van der Waals surface area contributed by atoms with E-state index in [0.29, 0.717) is 0 Å². The first-order valence-corrected chi connectivity index (χ1v) is 7.74. The molecule has 1 rings (SSSR count). The fourth-order valence-electron chi connectivity index (χ4n) is 0.995. The van der Waals surface area contributed by atoms with Crippen molar-refractivity contribution in [3.63, 3.8) is 0 Å². The Kier molecular flexibility index (Phi) is 5.33. The molecule has 0 aromatic rings. The van der Waals surface area contributed by atoms with Crippen LogP contribution in [-0.2, 0) is 0 Å². The minimum Gasteiger partial charge on any atom is -0.164 e. The van der Waals surface area contributed by atoms with Crippen molar-refractivity contribution in [2.24, 2.45) is 0 Å². The van der Waals surface area contributed by atoms with Gasteiger partial charge in [-0.2, -0.15) is 62.3 Å². The maximum atomic E-state index is 4.40. The van der Waals surface area contributed by atoms with E-state index in [4.69, 9.17) is 0 Å². The summed E-state index contributed by atoms with van der Waals surface area (Å²) in [4.78, 5) is 0. The SMILES string of the molecule is SC(S)C1(C(S)S)CSCCS1. The lowest BCUT2D eigenvalue weighted by molar-refractivity contribution is 0.789. The van der Waals surface area contributed by atoms with E-state index in [1.807, 2.05) is 23.5 Å². The van der Waals surface area contributed by atoms with Crippen LogP contribution in [0.2, 0.25) is 0 Å². The quantitative estimate of drug-likeness (QED) is 0.452. The molecule has 0 saturated carbocycles. The molecule has 0 unspecified atom stereocenters. The summed E-state index contributed by atoms with van der Waals surface area (Å²) < 4.78 is 0.118. The van der Waals surface area contributed by atoms with Gasteiger partial charge in [0.2, 0.25) is 0 Å². The third kappa shape index (κ3) is 2.57. The summed E-state index contributed by atoms with van der Waals surface area (Å²) in [6, 6.07) is 0. The van der Waals surface area contributed by atoms with Gasteiger partial charge in [-0.15, -0.1) is 11.8 Å². The van der Waals surface area contributed by atoms with E-state index in [9.17, 15) is 0 Å². The van der Waals surface area contributed by atoms with Gasteiger partial charge < -0.3 is 0 Å².